The van der Waals surface area contributed by atoms with Crippen LogP contribution in [-0.2, 0) is 6.54 Å². The highest BCUT2D eigenvalue weighted by atomic mass is 35.5. The predicted molar refractivity (Wildman–Crippen MR) is 94.2 cm³/mol. The Morgan fingerprint density at radius 2 is 2.13 bits per heavy atom. The zero-order valence-electron chi connectivity index (χ0n) is 13.8. The molecule has 0 saturated heterocycles. The highest BCUT2D eigenvalue weighted by molar-refractivity contribution is 6.30. The van der Waals surface area contributed by atoms with Crippen molar-refractivity contribution in [3.05, 3.63) is 46.2 Å². The van der Waals surface area contributed by atoms with Gasteiger partial charge in [-0.1, -0.05) is 37.1 Å². The molecule has 0 unspecified atom stereocenters. The van der Waals surface area contributed by atoms with Crippen molar-refractivity contribution in [1.29, 1.82) is 0 Å². The van der Waals surface area contributed by atoms with Crippen LogP contribution in [0, 0.1) is 13.8 Å². The van der Waals surface area contributed by atoms with Crippen LogP contribution in [0.15, 0.2) is 24.3 Å². The molecule has 0 atom stereocenters. The quantitative estimate of drug-likeness (QED) is 0.780. The molecule has 1 heterocycles. The molecule has 6 heteroatoms. The molecule has 0 aliphatic rings. The number of anilines is 1. The Morgan fingerprint density at radius 1 is 1.35 bits per heavy atom. The second-order valence-electron chi connectivity index (χ2n) is 5.57. The van der Waals surface area contributed by atoms with Gasteiger partial charge in [0.2, 0.25) is 0 Å². The molecule has 0 aliphatic carbocycles. The van der Waals surface area contributed by atoms with E-state index in [9.17, 15) is 4.79 Å². The van der Waals surface area contributed by atoms with Crippen molar-refractivity contribution in [2.24, 2.45) is 0 Å². The van der Waals surface area contributed by atoms with Crippen LogP contribution in [0.3, 0.4) is 0 Å². The van der Waals surface area contributed by atoms with Crippen LogP contribution in [0.25, 0.3) is 0 Å². The van der Waals surface area contributed by atoms with Gasteiger partial charge in [-0.2, -0.15) is 5.10 Å². The fourth-order valence-electron chi connectivity index (χ4n) is 2.38. The van der Waals surface area contributed by atoms with Crippen LogP contribution in [0.5, 0.6) is 0 Å². The van der Waals surface area contributed by atoms with Crippen molar-refractivity contribution in [2.45, 2.75) is 40.2 Å². The zero-order chi connectivity index (χ0) is 16.8. The minimum atomic E-state index is -0.188. The third-order valence-electron chi connectivity index (χ3n) is 3.66. The van der Waals surface area contributed by atoms with Gasteiger partial charge in [-0.25, -0.2) is 4.79 Å². The van der Waals surface area contributed by atoms with E-state index in [-0.39, 0.29) is 6.03 Å². The van der Waals surface area contributed by atoms with E-state index in [0.717, 1.165) is 35.5 Å². The molecule has 0 bridgehead atoms. The highest BCUT2D eigenvalue weighted by Crippen LogP contribution is 2.21. The molecule has 124 valence electrons. The van der Waals surface area contributed by atoms with Crippen LogP contribution in [0.2, 0.25) is 5.02 Å². The molecule has 0 radical (unpaired) electrons. The molecule has 1 aromatic heterocycles. The topological polar surface area (TPSA) is 59.0 Å². The number of amides is 2. The number of urea groups is 1. The second kappa shape index (κ2) is 8.02. The largest absolute Gasteiger partial charge is 0.338 e. The first kappa shape index (κ1) is 17.3. The molecule has 2 rings (SSSR count). The molecule has 2 amide bonds. The van der Waals surface area contributed by atoms with E-state index in [1.54, 1.807) is 0 Å². The van der Waals surface area contributed by atoms with Gasteiger partial charge in [-0.3, -0.25) is 4.68 Å². The summed E-state index contributed by atoms with van der Waals surface area (Å²) in [6, 6.07) is 7.51. The Kier molecular flexibility index (Phi) is 6.04. The highest BCUT2D eigenvalue weighted by Gasteiger charge is 2.14. The molecular formula is C17H23ClN4O. The van der Waals surface area contributed by atoms with Crippen molar-refractivity contribution in [3.8, 4) is 0 Å². The Bertz CT molecular complexity index is 681. The molecule has 2 aromatic rings. The van der Waals surface area contributed by atoms with E-state index in [2.05, 4.69) is 22.7 Å². The van der Waals surface area contributed by atoms with Gasteiger partial charge in [0, 0.05) is 11.6 Å². The fraction of sp³-hybridized carbons (Fsp3) is 0.412. The number of halogens is 1. The number of hydrogen-bond acceptors (Lipinski definition) is 2. The number of aryl methyl sites for hydroxylation is 1. The van der Waals surface area contributed by atoms with Gasteiger partial charge in [-0.15, -0.1) is 0 Å². The Hall–Kier alpha value is -2.01. The molecule has 5 nitrogen and oxygen atoms in total. The molecule has 2 N–H and O–H groups in total. The number of benzene rings is 1. The van der Waals surface area contributed by atoms with E-state index in [1.165, 1.54) is 0 Å². The van der Waals surface area contributed by atoms with Gasteiger partial charge >= 0.3 is 6.03 Å². The number of rotatable bonds is 6. The predicted octanol–water partition coefficient (Wildman–Crippen LogP) is 4.12. The Morgan fingerprint density at radius 3 is 2.83 bits per heavy atom. The molecule has 23 heavy (non-hydrogen) atoms. The first-order valence-electron chi connectivity index (χ1n) is 7.84. The summed E-state index contributed by atoms with van der Waals surface area (Å²) < 4.78 is 1.88. The summed E-state index contributed by atoms with van der Waals surface area (Å²) in [7, 11) is 0. The summed E-state index contributed by atoms with van der Waals surface area (Å²) in [5, 5.41) is 11.0. The van der Waals surface area contributed by atoms with Crippen molar-refractivity contribution >= 4 is 23.3 Å². The standard InChI is InChI=1S/C17H23ClN4O/c1-4-5-9-19-17(23)20-16-12(2)21-22(13(16)3)11-14-7-6-8-15(18)10-14/h6-8,10H,4-5,9,11H2,1-3H3,(H2,19,20,23). The van der Waals surface area contributed by atoms with Crippen LogP contribution < -0.4 is 10.6 Å². The molecule has 0 aliphatic heterocycles. The summed E-state index contributed by atoms with van der Waals surface area (Å²) in [5.74, 6) is 0. The number of carbonyl (C=O) groups is 1. The fourth-order valence-corrected chi connectivity index (χ4v) is 2.59. The summed E-state index contributed by atoms with van der Waals surface area (Å²) in [4.78, 5) is 11.9. The second-order valence-corrected chi connectivity index (χ2v) is 6.00. The minimum Gasteiger partial charge on any atom is -0.338 e. The molecule has 1 aromatic carbocycles. The maximum absolute atomic E-state index is 11.9. The lowest BCUT2D eigenvalue weighted by Crippen LogP contribution is -2.29. The summed E-state index contributed by atoms with van der Waals surface area (Å²) in [5.41, 5.74) is 3.56. The molecule has 0 spiro atoms. The monoisotopic (exact) mass is 334 g/mol. The maximum atomic E-state index is 11.9. The molecule has 0 saturated carbocycles. The first-order valence-corrected chi connectivity index (χ1v) is 8.22. The summed E-state index contributed by atoms with van der Waals surface area (Å²) in [6.45, 7) is 7.23. The molecular weight excluding hydrogens is 312 g/mol. The normalized spacial score (nSPS) is 10.6. The zero-order valence-corrected chi connectivity index (χ0v) is 14.6. The van der Waals surface area contributed by atoms with Gasteiger partial charge in [0.1, 0.15) is 0 Å². The lowest BCUT2D eigenvalue weighted by molar-refractivity contribution is 0.252. The average Bonchev–Trinajstić information content (AvgIpc) is 2.75. The number of aromatic nitrogens is 2. The number of nitrogens with zero attached hydrogens (tertiary/aromatic N) is 2. The summed E-state index contributed by atoms with van der Waals surface area (Å²) in [6.07, 6.45) is 2.02. The number of nitrogens with one attached hydrogen (secondary N) is 2. The van der Waals surface area contributed by atoms with Crippen LogP contribution in [-0.4, -0.2) is 22.4 Å². The van der Waals surface area contributed by atoms with Crippen LogP contribution in [0.1, 0.15) is 36.7 Å². The van der Waals surface area contributed by atoms with Gasteiger partial charge in [0.15, 0.2) is 0 Å². The van der Waals surface area contributed by atoms with Gasteiger partial charge in [0.25, 0.3) is 0 Å². The number of hydrogen-bond donors (Lipinski definition) is 2. The third kappa shape index (κ3) is 4.73. The lowest BCUT2D eigenvalue weighted by Gasteiger charge is -2.08. The lowest BCUT2D eigenvalue weighted by atomic mass is 10.2. The van der Waals surface area contributed by atoms with Crippen molar-refractivity contribution in [1.82, 2.24) is 15.1 Å². The van der Waals surface area contributed by atoms with E-state index in [1.807, 2.05) is 42.8 Å². The van der Waals surface area contributed by atoms with E-state index in [0.29, 0.717) is 18.1 Å². The smallest absolute Gasteiger partial charge is 0.319 e. The number of unbranched alkanes of at least 4 members (excludes halogenated alkanes) is 1. The first-order chi connectivity index (χ1) is 11.0. The van der Waals surface area contributed by atoms with Crippen LogP contribution in [0.4, 0.5) is 10.5 Å². The van der Waals surface area contributed by atoms with Crippen molar-refractivity contribution in [3.63, 3.8) is 0 Å². The van der Waals surface area contributed by atoms with Gasteiger partial charge in [0.05, 0.1) is 23.6 Å². The average molecular weight is 335 g/mol. The maximum Gasteiger partial charge on any atom is 0.319 e. The van der Waals surface area contributed by atoms with E-state index in [4.69, 9.17) is 11.6 Å². The van der Waals surface area contributed by atoms with Gasteiger partial charge in [-0.05, 0) is 38.0 Å². The van der Waals surface area contributed by atoms with Crippen molar-refractivity contribution in [2.75, 3.05) is 11.9 Å². The van der Waals surface area contributed by atoms with Crippen molar-refractivity contribution < 1.29 is 4.79 Å². The van der Waals surface area contributed by atoms with Gasteiger partial charge < -0.3 is 10.6 Å². The van der Waals surface area contributed by atoms with E-state index >= 15 is 0 Å². The minimum absolute atomic E-state index is 0.188. The third-order valence-corrected chi connectivity index (χ3v) is 3.89. The molecule has 0 fully saturated rings. The SMILES string of the molecule is CCCCNC(=O)Nc1c(C)nn(Cc2cccc(Cl)c2)c1C. The number of carbonyl (C=O) groups excluding carboxylic acids is 1. The van der Waals surface area contributed by atoms with Crippen LogP contribution >= 0.6 is 11.6 Å². The Labute approximate surface area is 142 Å². The summed E-state index contributed by atoms with van der Waals surface area (Å²) >= 11 is 6.02. The van der Waals surface area contributed by atoms with E-state index < -0.39 is 0 Å². The Balaban J connectivity index is 2.08.